The van der Waals surface area contributed by atoms with Crippen LogP contribution >= 0.6 is 0 Å². The van der Waals surface area contributed by atoms with Crippen molar-refractivity contribution in [3.63, 3.8) is 0 Å². The van der Waals surface area contributed by atoms with Gasteiger partial charge in [-0.25, -0.2) is 4.79 Å². The molecule has 0 saturated carbocycles. The van der Waals surface area contributed by atoms with E-state index in [0.717, 1.165) is 0 Å². The van der Waals surface area contributed by atoms with Crippen molar-refractivity contribution in [1.82, 2.24) is 9.55 Å². The van der Waals surface area contributed by atoms with Crippen LogP contribution in [0.1, 0.15) is 12.6 Å². The van der Waals surface area contributed by atoms with Gasteiger partial charge >= 0.3 is 5.69 Å². The maximum absolute atomic E-state index is 11.5. The minimum atomic E-state index is -0.778. The molecule has 3 atom stereocenters. The molecule has 4 N–H and O–H groups in total. The molecule has 0 amide bonds. The van der Waals surface area contributed by atoms with Crippen LogP contribution in [0.25, 0.3) is 0 Å². The molecule has 9 heteroatoms. The summed E-state index contributed by atoms with van der Waals surface area (Å²) in [4.78, 5) is 15.0. The molecule has 1 aliphatic rings. The summed E-state index contributed by atoms with van der Waals surface area (Å²) in [5, 5.41) is 18.4. The number of nitrogens with two attached hydrogens (primary N) is 1. The van der Waals surface area contributed by atoms with E-state index in [1.807, 2.05) is 0 Å². The number of anilines is 1. The molecule has 1 saturated heterocycles. The molecule has 7 nitrogen and oxygen atoms in total. The number of aromatic nitrogens is 2. The van der Waals surface area contributed by atoms with Crippen LogP contribution in [0.15, 0.2) is 17.1 Å². The van der Waals surface area contributed by atoms with Crippen molar-refractivity contribution < 1.29 is 103 Å². The van der Waals surface area contributed by atoms with Crippen LogP contribution in [0.5, 0.6) is 0 Å². The third-order valence-electron chi connectivity index (χ3n) is 2.55. The zero-order valence-corrected chi connectivity index (χ0v) is 19.1. The van der Waals surface area contributed by atoms with Gasteiger partial charge in [-0.1, -0.05) is 0 Å². The summed E-state index contributed by atoms with van der Waals surface area (Å²) >= 11 is 0. The maximum Gasteiger partial charge on any atom is 0.351 e. The van der Waals surface area contributed by atoms with Crippen molar-refractivity contribution in [3.05, 3.63) is 22.7 Å². The zero-order valence-electron chi connectivity index (χ0n) is 9.64. The summed E-state index contributed by atoms with van der Waals surface area (Å²) in [7, 11) is 0. The Bertz CT molecular complexity index is 442. The zero-order chi connectivity index (χ0) is 11.7. The van der Waals surface area contributed by atoms with Crippen molar-refractivity contribution in [2.45, 2.75) is 24.9 Å². The molecule has 18 heavy (non-hydrogen) atoms. The van der Waals surface area contributed by atoms with Crippen molar-refractivity contribution in [2.24, 2.45) is 0 Å². The predicted octanol–water partition coefficient (Wildman–Crippen LogP) is -1.53. The van der Waals surface area contributed by atoms with Crippen molar-refractivity contribution in [2.75, 3.05) is 12.3 Å². The van der Waals surface area contributed by atoms with Gasteiger partial charge in [0.05, 0.1) is 12.7 Å². The SMILES string of the molecule is Nc1ccn(C2CC(O)C(CO)O2)c(=O)n1.[Ac].[Ac]. The van der Waals surface area contributed by atoms with Crippen LogP contribution in [0, 0.1) is 88.1 Å². The second-order valence-corrected chi connectivity index (χ2v) is 3.66. The molecule has 2 heterocycles. The minimum Gasteiger partial charge on any atom is -0.394 e. The monoisotopic (exact) mass is 681 g/mol. The predicted molar refractivity (Wildman–Crippen MR) is 54.5 cm³/mol. The first-order valence-electron chi connectivity index (χ1n) is 4.91. The largest absolute Gasteiger partial charge is 0.394 e. The Balaban J connectivity index is 0.00000144. The number of rotatable bonds is 2. The molecule has 2 radical (unpaired) electrons. The van der Waals surface area contributed by atoms with E-state index in [2.05, 4.69) is 4.98 Å². The van der Waals surface area contributed by atoms with Crippen LogP contribution in [-0.4, -0.2) is 38.6 Å². The van der Waals surface area contributed by atoms with Crippen molar-refractivity contribution in [3.8, 4) is 0 Å². The molecule has 1 aromatic rings. The number of aliphatic hydroxyl groups is 2. The number of aliphatic hydroxyl groups excluding tert-OH is 2. The average Bonchev–Trinajstić information content (AvgIpc) is 2.59. The van der Waals surface area contributed by atoms with E-state index in [4.69, 9.17) is 15.6 Å². The Morgan fingerprint density at radius 3 is 2.72 bits per heavy atom. The van der Waals surface area contributed by atoms with Gasteiger partial charge in [0.15, 0.2) is 0 Å². The number of ether oxygens (including phenoxy) is 1. The van der Waals surface area contributed by atoms with Crippen molar-refractivity contribution >= 4 is 5.82 Å². The number of nitrogen functional groups attached to an aromatic ring is 1. The molecule has 94 valence electrons. The van der Waals surface area contributed by atoms with Gasteiger partial charge in [-0.05, 0) is 6.07 Å². The summed E-state index contributed by atoms with van der Waals surface area (Å²) in [6.45, 7) is -0.283. The van der Waals surface area contributed by atoms with Gasteiger partial charge < -0.3 is 20.7 Å². The van der Waals surface area contributed by atoms with E-state index < -0.39 is 24.1 Å². The van der Waals surface area contributed by atoms with Gasteiger partial charge in [0.2, 0.25) is 0 Å². The van der Waals surface area contributed by atoms with E-state index in [9.17, 15) is 9.90 Å². The normalized spacial score (nSPS) is 26.2. The van der Waals surface area contributed by atoms with Gasteiger partial charge in [0, 0.05) is 101 Å². The molecule has 0 aromatic carbocycles. The summed E-state index contributed by atoms with van der Waals surface area (Å²) < 4.78 is 6.56. The fourth-order valence-corrected chi connectivity index (χ4v) is 1.70. The van der Waals surface area contributed by atoms with Crippen molar-refractivity contribution in [1.29, 1.82) is 0 Å². The Morgan fingerprint density at radius 2 is 2.22 bits per heavy atom. The Hall–Kier alpha value is 1.44. The molecule has 1 aromatic heterocycles. The molecule has 1 fully saturated rings. The Morgan fingerprint density at radius 1 is 1.56 bits per heavy atom. The molecular weight excluding hydrogens is 668 g/mol. The smallest absolute Gasteiger partial charge is 0.351 e. The van der Waals surface area contributed by atoms with Gasteiger partial charge in [-0.3, -0.25) is 4.57 Å². The average molecular weight is 681 g/mol. The third kappa shape index (κ3) is 4.48. The fourth-order valence-electron chi connectivity index (χ4n) is 1.70. The molecule has 0 aliphatic carbocycles. The van der Waals surface area contributed by atoms with Gasteiger partial charge in [0.1, 0.15) is 18.1 Å². The first-order valence-corrected chi connectivity index (χ1v) is 4.91. The van der Waals surface area contributed by atoms with E-state index >= 15 is 0 Å². The fraction of sp³-hybridized carbons (Fsp3) is 0.556. The van der Waals surface area contributed by atoms with Gasteiger partial charge in [-0.2, -0.15) is 4.98 Å². The molecule has 1 aliphatic heterocycles. The summed E-state index contributed by atoms with van der Waals surface area (Å²) in [6.07, 6.45) is -0.333. The third-order valence-corrected chi connectivity index (χ3v) is 2.55. The topological polar surface area (TPSA) is 111 Å². The summed E-state index contributed by atoms with van der Waals surface area (Å²) in [5.41, 5.74) is 4.82. The quantitative estimate of drug-likeness (QED) is 0.350. The number of hydrogen-bond acceptors (Lipinski definition) is 6. The van der Waals surface area contributed by atoms with Crippen LogP contribution in [0.3, 0.4) is 0 Å². The van der Waals surface area contributed by atoms with Gasteiger partial charge in [0.25, 0.3) is 0 Å². The Kier molecular flexibility index (Phi) is 9.36. The first-order chi connectivity index (χ1) is 7.61. The van der Waals surface area contributed by atoms with Crippen LogP contribution in [0.2, 0.25) is 0 Å². The van der Waals surface area contributed by atoms with Crippen LogP contribution in [-0.2, 0) is 4.74 Å². The van der Waals surface area contributed by atoms with Crippen LogP contribution < -0.4 is 11.4 Å². The van der Waals surface area contributed by atoms with E-state index in [0.29, 0.717) is 0 Å². The molecule has 0 spiro atoms. The molecule has 2 rings (SSSR count). The second kappa shape index (κ2) is 8.67. The van der Waals surface area contributed by atoms with E-state index in [1.165, 1.54) is 16.8 Å². The molecule has 0 bridgehead atoms. The van der Waals surface area contributed by atoms with Gasteiger partial charge in [-0.15, -0.1) is 0 Å². The standard InChI is InChI=1S/C9H13N3O4.2Ac/c10-7-1-2-12(9(15)11-7)8-3-5(14)6(4-13)16-8;;/h1-2,5-6,8,13-14H,3-4H2,(H2,10,11,15);;. The molecule has 3 unspecified atom stereocenters. The number of nitrogens with zero attached hydrogens (tertiary/aromatic N) is 2. The second-order valence-electron chi connectivity index (χ2n) is 3.66. The van der Waals surface area contributed by atoms with Crippen LogP contribution in [0.4, 0.5) is 5.82 Å². The maximum atomic E-state index is 11.5. The van der Waals surface area contributed by atoms with E-state index in [1.54, 1.807) is 0 Å². The first kappa shape index (κ1) is 19.4. The number of hydrogen-bond donors (Lipinski definition) is 3. The summed E-state index contributed by atoms with van der Waals surface area (Å²) in [5.74, 6) is 0.138. The molecular formula is C9H13Ac2N3O4. The Labute approximate surface area is 175 Å². The van der Waals surface area contributed by atoms with E-state index in [-0.39, 0.29) is 107 Å². The minimum absolute atomic E-state index is 0. The summed E-state index contributed by atoms with van der Waals surface area (Å²) in [6, 6.07) is 1.48.